The lowest BCUT2D eigenvalue weighted by molar-refractivity contribution is -0.134. The standard InChI is InChI=1S/C12H25N3OS/c1-14-7-4-10(5-8-14)15(2)12(16)11(13)6-9-17-3/h10-11H,4-9,13H2,1-3H3/t11-/m0/s1. The summed E-state index contributed by atoms with van der Waals surface area (Å²) >= 11 is 1.74. The number of hydrogen-bond donors (Lipinski definition) is 1. The molecular weight excluding hydrogens is 234 g/mol. The summed E-state index contributed by atoms with van der Waals surface area (Å²) in [7, 11) is 4.03. The van der Waals surface area contributed by atoms with Gasteiger partial charge in [0.1, 0.15) is 0 Å². The van der Waals surface area contributed by atoms with E-state index in [4.69, 9.17) is 5.73 Å². The Balaban J connectivity index is 2.40. The lowest BCUT2D eigenvalue weighted by Gasteiger charge is -2.36. The van der Waals surface area contributed by atoms with Crippen molar-refractivity contribution in [3.8, 4) is 0 Å². The highest BCUT2D eigenvalue weighted by Crippen LogP contribution is 2.15. The molecule has 0 aromatic heterocycles. The van der Waals surface area contributed by atoms with Crippen LogP contribution < -0.4 is 5.73 Å². The normalized spacial score (nSPS) is 20.2. The van der Waals surface area contributed by atoms with Gasteiger partial charge < -0.3 is 15.5 Å². The summed E-state index contributed by atoms with van der Waals surface area (Å²) in [6, 6.07) is 0.0473. The topological polar surface area (TPSA) is 49.6 Å². The fourth-order valence-electron chi connectivity index (χ4n) is 2.19. The van der Waals surface area contributed by atoms with Crippen molar-refractivity contribution in [2.45, 2.75) is 31.3 Å². The Morgan fingerprint density at radius 1 is 1.53 bits per heavy atom. The number of likely N-dealkylation sites (tertiary alicyclic amines) is 1. The van der Waals surface area contributed by atoms with E-state index in [1.165, 1.54) is 0 Å². The van der Waals surface area contributed by atoms with Crippen molar-refractivity contribution in [2.24, 2.45) is 5.73 Å². The molecule has 1 amide bonds. The van der Waals surface area contributed by atoms with Crippen LogP contribution in [-0.4, -0.2) is 67.0 Å². The average Bonchev–Trinajstić information content (AvgIpc) is 2.35. The number of piperidine rings is 1. The van der Waals surface area contributed by atoms with Crippen LogP contribution in [0.1, 0.15) is 19.3 Å². The van der Waals surface area contributed by atoms with Gasteiger partial charge in [-0.3, -0.25) is 4.79 Å². The third-order valence-electron chi connectivity index (χ3n) is 3.53. The highest BCUT2D eigenvalue weighted by atomic mass is 32.2. The van der Waals surface area contributed by atoms with Crippen LogP contribution in [0.4, 0.5) is 0 Å². The Kier molecular flexibility index (Phi) is 6.30. The number of rotatable bonds is 5. The molecule has 17 heavy (non-hydrogen) atoms. The van der Waals surface area contributed by atoms with Gasteiger partial charge in [-0.2, -0.15) is 11.8 Å². The molecule has 1 fully saturated rings. The Labute approximate surface area is 109 Å². The second-order valence-electron chi connectivity index (χ2n) is 4.87. The van der Waals surface area contributed by atoms with Crippen LogP contribution in [0.3, 0.4) is 0 Å². The quantitative estimate of drug-likeness (QED) is 0.786. The Morgan fingerprint density at radius 2 is 2.12 bits per heavy atom. The number of nitrogens with two attached hydrogens (primary N) is 1. The predicted octanol–water partition coefficient (Wildman–Crippen LogP) is 0.619. The summed E-state index contributed by atoms with van der Waals surface area (Å²) < 4.78 is 0. The van der Waals surface area contributed by atoms with E-state index < -0.39 is 0 Å². The van der Waals surface area contributed by atoms with Crippen molar-refractivity contribution in [3.63, 3.8) is 0 Å². The molecule has 5 heteroatoms. The van der Waals surface area contributed by atoms with Gasteiger partial charge in [-0.1, -0.05) is 0 Å². The molecule has 0 saturated carbocycles. The summed E-state index contributed by atoms with van der Waals surface area (Å²) in [5.74, 6) is 1.06. The molecule has 0 aromatic rings. The van der Waals surface area contributed by atoms with Gasteiger partial charge in [0.15, 0.2) is 0 Å². The molecule has 0 aliphatic carbocycles. The van der Waals surface area contributed by atoms with Gasteiger partial charge in [-0.15, -0.1) is 0 Å². The van der Waals surface area contributed by atoms with Gasteiger partial charge in [0, 0.05) is 13.1 Å². The molecule has 0 radical (unpaired) electrons. The maximum atomic E-state index is 12.1. The zero-order valence-corrected chi connectivity index (χ0v) is 12.0. The molecule has 1 heterocycles. The van der Waals surface area contributed by atoms with Crippen molar-refractivity contribution in [3.05, 3.63) is 0 Å². The Hall–Kier alpha value is -0.260. The van der Waals surface area contributed by atoms with Crippen molar-refractivity contribution in [1.29, 1.82) is 0 Å². The van der Waals surface area contributed by atoms with E-state index >= 15 is 0 Å². The van der Waals surface area contributed by atoms with E-state index in [0.29, 0.717) is 6.04 Å². The first-order valence-electron chi connectivity index (χ1n) is 6.26. The minimum atomic E-state index is -0.327. The summed E-state index contributed by atoms with van der Waals surface area (Å²) in [6.07, 6.45) is 4.94. The number of thioether (sulfide) groups is 1. The van der Waals surface area contributed by atoms with E-state index in [0.717, 1.165) is 38.1 Å². The predicted molar refractivity (Wildman–Crippen MR) is 74.3 cm³/mol. The zero-order valence-electron chi connectivity index (χ0n) is 11.2. The summed E-state index contributed by atoms with van der Waals surface area (Å²) in [4.78, 5) is 16.3. The monoisotopic (exact) mass is 259 g/mol. The maximum absolute atomic E-state index is 12.1. The van der Waals surface area contributed by atoms with Crippen LogP contribution in [0, 0.1) is 0 Å². The summed E-state index contributed by atoms with van der Waals surface area (Å²) in [6.45, 7) is 2.14. The number of amides is 1. The lowest BCUT2D eigenvalue weighted by Crippen LogP contribution is -2.50. The SMILES string of the molecule is CSCC[C@H](N)C(=O)N(C)C1CCN(C)CC1. The molecule has 0 spiro atoms. The first-order valence-corrected chi connectivity index (χ1v) is 7.65. The smallest absolute Gasteiger partial charge is 0.239 e. The van der Waals surface area contributed by atoms with Crippen molar-refractivity contribution >= 4 is 17.7 Å². The van der Waals surface area contributed by atoms with E-state index in [2.05, 4.69) is 11.9 Å². The molecule has 4 nitrogen and oxygen atoms in total. The molecule has 1 aliphatic rings. The zero-order chi connectivity index (χ0) is 12.8. The van der Waals surface area contributed by atoms with Crippen LogP contribution in [0.5, 0.6) is 0 Å². The molecule has 1 saturated heterocycles. The third kappa shape index (κ3) is 4.48. The molecule has 0 aromatic carbocycles. The fourth-order valence-corrected chi connectivity index (χ4v) is 2.68. The van der Waals surface area contributed by atoms with Crippen LogP contribution in [0.15, 0.2) is 0 Å². The summed E-state index contributed by atoms with van der Waals surface area (Å²) in [5, 5.41) is 0. The molecule has 1 rings (SSSR count). The number of nitrogens with zero attached hydrogens (tertiary/aromatic N) is 2. The van der Waals surface area contributed by atoms with Crippen molar-refractivity contribution in [1.82, 2.24) is 9.80 Å². The molecular formula is C12H25N3OS. The van der Waals surface area contributed by atoms with Gasteiger partial charge in [0.25, 0.3) is 0 Å². The van der Waals surface area contributed by atoms with E-state index in [1.54, 1.807) is 11.8 Å². The number of carbonyl (C=O) groups excluding carboxylic acids is 1. The first-order chi connectivity index (χ1) is 8.06. The Bertz CT molecular complexity index is 242. The minimum absolute atomic E-state index is 0.105. The van der Waals surface area contributed by atoms with Gasteiger partial charge >= 0.3 is 0 Å². The highest BCUT2D eigenvalue weighted by molar-refractivity contribution is 7.98. The van der Waals surface area contributed by atoms with E-state index in [-0.39, 0.29) is 11.9 Å². The maximum Gasteiger partial charge on any atom is 0.239 e. The van der Waals surface area contributed by atoms with Crippen molar-refractivity contribution < 1.29 is 4.79 Å². The molecule has 100 valence electrons. The average molecular weight is 259 g/mol. The van der Waals surface area contributed by atoms with Gasteiger partial charge in [0.05, 0.1) is 6.04 Å². The lowest BCUT2D eigenvalue weighted by atomic mass is 10.0. The number of hydrogen-bond acceptors (Lipinski definition) is 4. The third-order valence-corrected chi connectivity index (χ3v) is 4.18. The molecule has 1 atom stereocenters. The highest BCUT2D eigenvalue weighted by Gasteiger charge is 2.26. The number of carbonyl (C=O) groups is 1. The first kappa shape index (κ1) is 14.8. The van der Waals surface area contributed by atoms with Crippen LogP contribution in [0.2, 0.25) is 0 Å². The largest absolute Gasteiger partial charge is 0.341 e. The van der Waals surface area contributed by atoms with E-state index in [1.807, 2.05) is 18.2 Å². The fraction of sp³-hybridized carbons (Fsp3) is 0.917. The molecule has 1 aliphatic heterocycles. The molecule has 2 N–H and O–H groups in total. The van der Waals surface area contributed by atoms with Gasteiger partial charge in [0.2, 0.25) is 5.91 Å². The van der Waals surface area contributed by atoms with Gasteiger partial charge in [-0.05, 0) is 51.4 Å². The van der Waals surface area contributed by atoms with Crippen LogP contribution in [0.25, 0.3) is 0 Å². The van der Waals surface area contributed by atoms with Gasteiger partial charge in [-0.25, -0.2) is 0 Å². The van der Waals surface area contributed by atoms with E-state index in [9.17, 15) is 4.79 Å². The van der Waals surface area contributed by atoms with Crippen molar-refractivity contribution in [2.75, 3.05) is 39.2 Å². The second-order valence-corrected chi connectivity index (χ2v) is 5.86. The molecule has 0 unspecified atom stereocenters. The van der Waals surface area contributed by atoms with Crippen LogP contribution in [-0.2, 0) is 4.79 Å². The van der Waals surface area contributed by atoms with Crippen LogP contribution >= 0.6 is 11.8 Å². The second kappa shape index (κ2) is 7.24. The number of likely N-dealkylation sites (N-methyl/N-ethyl adjacent to an activating group) is 1. The Morgan fingerprint density at radius 3 is 2.65 bits per heavy atom. The minimum Gasteiger partial charge on any atom is -0.341 e. The molecule has 0 bridgehead atoms. The summed E-state index contributed by atoms with van der Waals surface area (Å²) in [5.41, 5.74) is 5.92.